The van der Waals surface area contributed by atoms with Crippen molar-refractivity contribution < 1.29 is 34.1 Å². The number of fused-ring (bicyclic) bond motifs is 1. The van der Waals surface area contributed by atoms with Crippen molar-refractivity contribution >= 4 is 46.2 Å². The van der Waals surface area contributed by atoms with Crippen LogP contribution in [0.25, 0.3) is 0 Å². The first-order chi connectivity index (χ1) is 18.5. The third-order valence-electron chi connectivity index (χ3n) is 6.65. The number of aliphatic hydroxyl groups is 1. The summed E-state index contributed by atoms with van der Waals surface area (Å²) in [4.78, 5) is 52.8. The van der Waals surface area contributed by atoms with Crippen LogP contribution in [0, 0.1) is 9.49 Å². The number of halogens is 1. The van der Waals surface area contributed by atoms with Crippen LogP contribution in [0.1, 0.15) is 43.1 Å². The zero-order valence-corrected chi connectivity index (χ0v) is 24.3. The molecule has 1 aliphatic heterocycles. The van der Waals surface area contributed by atoms with Gasteiger partial charge in [0.25, 0.3) is 5.91 Å². The van der Waals surface area contributed by atoms with Gasteiger partial charge in [-0.15, -0.1) is 0 Å². The fourth-order valence-corrected chi connectivity index (χ4v) is 5.04. The van der Waals surface area contributed by atoms with Crippen molar-refractivity contribution in [3.8, 4) is 5.75 Å². The number of carbonyl (C=O) groups excluding carboxylic acids is 3. The lowest BCUT2D eigenvalue weighted by Gasteiger charge is -2.30. The molecule has 0 fully saturated rings. The molecule has 39 heavy (non-hydrogen) atoms. The first-order valence-electron chi connectivity index (χ1n) is 12.7. The number of carbonyl (C=O) groups is 4. The Labute approximate surface area is 241 Å². The van der Waals surface area contributed by atoms with Crippen molar-refractivity contribution in [1.29, 1.82) is 0 Å². The van der Waals surface area contributed by atoms with Gasteiger partial charge in [0.05, 0.1) is 26.1 Å². The highest BCUT2D eigenvalue weighted by molar-refractivity contribution is 14.1. The average Bonchev–Trinajstić information content (AvgIpc) is 2.90. The number of hydrogen-bond acceptors (Lipinski definition) is 7. The van der Waals surface area contributed by atoms with Crippen molar-refractivity contribution in [2.75, 3.05) is 20.2 Å². The van der Waals surface area contributed by atoms with Gasteiger partial charge in [0.1, 0.15) is 11.8 Å². The monoisotopic (exact) mass is 651 g/mol. The van der Waals surface area contributed by atoms with Gasteiger partial charge in [-0.1, -0.05) is 38.1 Å². The molecule has 1 aliphatic rings. The maximum atomic E-state index is 13.2. The Kier molecular flexibility index (Phi) is 10.8. The van der Waals surface area contributed by atoms with Gasteiger partial charge >= 0.3 is 5.97 Å². The maximum Gasteiger partial charge on any atom is 0.305 e. The Bertz CT molecular complexity index is 1220. The summed E-state index contributed by atoms with van der Waals surface area (Å²) < 4.78 is 6.03. The normalized spacial score (nSPS) is 15.5. The van der Waals surface area contributed by atoms with Crippen LogP contribution in [0.3, 0.4) is 0 Å². The second-order valence-corrected chi connectivity index (χ2v) is 11.1. The second-order valence-electron chi connectivity index (χ2n) is 9.87. The fraction of sp³-hybridized carbons (Fsp3) is 0.429. The standard InChI is InChI=1S/C28H34IN3O7/c1-16(2)25(31-28(38)26(36)20-12-19(29)8-9-23(20)39-3)27(37)30-21(13-24(34)35)22(33)15-32-11-10-17-6-4-5-7-18(17)14-32/h4-9,12,16,21,25-26,36H,10-11,13-15H2,1-3H3,(H,30,37)(H,31,38)(H,34,35)/t21?,25-,26?/m0/s1. The Morgan fingerprint density at radius 1 is 1.05 bits per heavy atom. The van der Waals surface area contributed by atoms with Crippen LogP contribution in [-0.2, 0) is 32.1 Å². The largest absolute Gasteiger partial charge is 0.496 e. The zero-order chi connectivity index (χ0) is 28.7. The molecular weight excluding hydrogens is 617 g/mol. The van der Waals surface area contributed by atoms with E-state index in [-0.39, 0.29) is 12.1 Å². The van der Waals surface area contributed by atoms with Crippen molar-refractivity contribution in [3.05, 3.63) is 62.7 Å². The average molecular weight is 651 g/mol. The lowest BCUT2D eigenvalue weighted by atomic mass is 9.98. The number of hydrogen-bond donors (Lipinski definition) is 4. The maximum absolute atomic E-state index is 13.2. The minimum absolute atomic E-state index is 0.0174. The summed E-state index contributed by atoms with van der Waals surface area (Å²) >= 11 is 2.04. The van der Waals surface area contributed by atoms with E-state index in [1.54, 1.807) is 32.0 Å². The van der Waals surface area contributed by atoms with Crippen LogP contribution in [-0.4, -0.2) is 71.0 Å². The minimum atomic E-state index is -1.61. The number of ketones is 1. The van der Waals surface area contributed by atoms with Gasteiger partial charge in [0.15, 0.2) is 11.9 Å². The molecule has 0 saturated heterocycles. The Hall–Kier alpha value is -3.03. The number of benzene rings is 2. The number of amides is 2. The van der Waals surface area contributed by atoms with Crippen LogP contribution in [0.15, 0.2) is 42.5 Å². The number of Topliss-reactive ketones (excluding diaryl/α,β-unsaturated/α-hetero) is 1. The highest BCUT2D eigenvalue weighted by Gasteiger charge is 2.33. The van der Waals surface area contributed by atoms with Gasteiger partial charge in [-0.05, 0) is 64.3 Å². The SMILES string of the molecule is COc1ccc(I)cc1C(O)C(=O)N[C@H](C(=O)NC(CC(=O)O)C(=O)CN1CCc2ccccc2C1)C(C)C. The number of aliphatic hydroxyl groups excluding tert-OH is 1. The number of nitrogens with one attached hydrogen (secondary N) is 2. The van der Waals surface area contributed by atoms with E-state index in [1.165, 1.54) is 12.7 Å². The van der Waals surface area contributed by atoms with Crippen molar-refractivity contribution in [2.24, 2.45) is 5.92 Å². The number of aliphatic carboxylic acids is 1. The molecule has 0 spiro atoms. The van der Waals surface area contributed by atoms with Gasteiger partial charge < -0.3 is 25.6 Å². The molecule has 3 atom stereocenters. The van der Waals surface area contributed by atoms with Gasteiger partial charge in [-0.3, -0.25) is 24.1 Å². The highest BCUT2D eigenvalue weighted by atomic mass is 127. The van der Waals surface area contributed by atoms with E-state index in [9.17, 15) is 29.4 Å². The predicted octanol–water partition coefficient (Wildman–Crippen LogP) is 2.06. The molecule has 1 heterocycles. The van der Waals surface area contributed by atoms with Gasteiger partial charge in [-0.25, -0.2) is 0 Å². The number of nitrogens with zero attached hydrogens (tertiary/aromatic N) is 1. The molecule has 2 aromatic rings. The van der Waals surface area contributed by atoms with Crippen LogP contribution in [0.2, 0.25) is 0 Å². The summed E-state index contributed by atoms with van der Waals surface area (Å²) in [5.41, 5.74) is 2.57. The third-order valence-corrected chi connectivity index (χ3v) is 7.33. The lowest BCUT2D eigenvalue weighted by Crippen LogP contribution is -2.55. The molecule has 3 rings (SSSR count). The number of carboxylic acid groups (broad SMARTS) is 1. The van der Waals surface area contributed by atoms with E-state index in [1.807, 2.05) is 51.8 Å². The Morgan fingerprint density at radius 3 is 2.38 bits per heavy atom. The molecule has 2 aromatic carbocycles. The van der Waals surface area contributed by atoms with E-state index in [4.69, 9.17) is 4.74 Å². The van der Waals surface area contributed by atoms with Crippen LogP contribution in [0.5, 0.6) is 5.75 Å². The topological polar surface area (TPSA) is 145 Å². The summed E-state index contributed by atoms with van der Waals surface area (Å²) in [5.74, 6) is -3.29. The second kappa shape index (κ2) is 13.9. The van der Waals surface area contributed by atoms with E-state index in [0.29, 0.717) is 18.8 Å². The predicted molar refractivity (Wildman–Crippen MR) is 152 cm³/mol. The minimum Gasteiger partial charge on any atom is -0.496 e. The summed E-state index contributed by atoms with van der Waals surface area (Å²) in [6.07, 6.45) is -1.42. The molecule has 10 nitrogen and oxygen atoms in total. The molecule has 2 amide bonds. The molecule has 4 N–H and O–H groups in total. The number of carboxylic acids is 1. The molecule has 2 unspecified atom stereocenters. The highest BCUT2D eigenvalue weighted by Crippen LogP contribution is 2.27. The first-order valence-corrected chi connectivity index (χ1v) is 13.7. The fourth-order valence-electron chi connectivity index (χ4n) is 4.53. The van der Waals surface area contributed by atoms with E-state index >= 15 is 0 Å². The summed E-state index contributed by atoms with van der Waals surface area (Å²) in [7, 11) is 1.42. The zero-order valence-electron chi connectivity index (χ0n) is 22.1. The van der Waals surface area contributed by atoms with Crippen molar-refractivity contribution in [2.45, 2.75) is 51.4 Å². The molecule has 0 aromatic heterocycles. The molecule has 0 bridgehead atoms. The van der Waals surface area contributed by atoms with Gasteiger partial charge in [0, 0.05) is 22.2 Å². The van der Waals surface area contributed by atoms with Gasteiger partial charge in [0.2, 0.25) is 5.91 Å². The van der Waals surface area contributed by atoms with E-state index in [2.05, 4.69) is 10.6 Å². The summed E-state index contributed by atoms with van der Waals surface area (Å²) in [5, 5.41) is 25.2. The molecular formula is C28H34IN3O7. The summed E-state index contributed by atoms with van der Waals surface area (Å²) in [6.45, 7) is 4.57. The molecule has 0 radical (unpaired) electrons. The smallest absolute Gasteiger partial charge is 0.305 e. The van der Waals surface area contributed by atoms with E-state index in [0.717, 1.165) is 15.6 Å². The molecule has 210 valence electrons. The lowest BCUT2D eigenvalue weighted by molar-refractivity contribution is -0.141. The molecule has 0 saturated carbocycles. The number of ether oxygens (including phenoxy) is 1. The van der Waals surface area contributed by atoms with E-state index < -0.39 is 54.1 Å². The van der Waals surface area contributed by atoms with Crippen LogP contribution >= 0.6 is 22.6 Å². The Morgan fingerprint density at radius 2 is 1.74 bits per heavy atom. The first kappa shape index (κ1) is 30.5. The molecule has 11 heteroatoms. The number of rotatable bonds is 12. The van der Waals surface area contributed by atoms with Crippen LogP contribution in [0.4, 0.5) is 0 Å². The van der Waals surface area contributed by atoms with Crippen LogP contribution < -0.4 is 15.4 Å². The third kappa shape index (κ3) is 8.23. The number of methoxy groups -OCH3 is 1. The molecule has 0 aliphatic carbocycles. The van der Waals surface area contributed by atoms with Crippen molar-refractivity contribution in [3.63, 3.8) is 0 Å². The Balaban J connectivity index is 1.69. The summed E-state index contributed by atoms with van der Waals surface area (Å²) in [6, 6.07) is 10.6. The van der Waals surface area contributed by atoms with Gasteiger partial charge in [-0.2, -0.15) is 0 Å². The van der Waals surface area contributed by atoms with Crippen molar-refractivity contribution in [1.82, 2.24) is 15.5 Å². The quantitative estimate of drug-likeness (QED) is 0.256.